The summed E-state index contributed by atoms with van der Waals surface area (Å²) in [5.41, 5.74) is 4.72. The largest absolute Gasteiger partial charge is 0.444 e. The van der Waals surface area contributed by atoms with E-state index in [4.69, 9.17) is 4.42 Å². The molecule has 2 aromatic carbocycles. The normalized spacial score (nSPS) is 10.6. The highest BCUT2D eigenvalue weighted by molar-refractivity contribution is 9.10. The average molecular weight is 414 g/mol. The van der Waals surface area contributed by atoms with Crippen LogP contribution in [0, 0.1) is 13.8 Å². The van der Waals surface area contributed by atoms with Crippen LogP contribution in [0.4, 0.5) is 10.5 Å². The van der Waals surface area contributed by atoms with E-state index in [1.807, 2.05) is 56.3 Å². The van der Waals surface area contributed by atoms with Crippen LogP contribution in [-0.4, -0.2) is 17.6 Å². The number of benzene rings is 2. The lowest BCUT2D eigenvalue weighted by molar-refractivity contribution is 0.252. The van der Waals surface area contributed by atoms with Crippen LogP contribution in [0.2, 0.25) is 0 Å². The average Bonchev–Trinajstić information content (AvgIpc) is 3.07. The Labute approximate surface area is 161 Å². The second-order valence-corrected chi connectivity index (χ2v) is 7.02. The molecule has 0 unspecified atom stereocenters. The molecule has 0 saturated carbocycles. The fourth-order valence-corrected chi connectivity index (χ4v) is 2.96. The van der Waals surface area contributed by atoms with E-state index in [2.05, 4.69) is 31.5 Å². The van der Waals surface area contributed by atoms with E-state index in [-0.39, 0.29) is 6.03 Å². The van der Waals surface area contributed by atoms with Gasteiger partial charge in [0.1, 0.15) is 6.26 Å². The van der Waals surface area contributed by atoms with Crippen molar-refractivity contribution in [3.8, 4) is 11.5 Å². The highest BCUT2D eigenvalue weighted by Crippen LogP contribution is 2.20. The Morgan fingerprint density at radius 3 is 2.65 bits per heavy atom. The summed E-state index contributed by atoms with van der Waals surface area (Å²) in [4.78, 5) is 16.5. The van der Waals surface area contributed by atoms with E-state index < -0.39 is 0 Å². The molecule has 6 heteroatoms. The van der Waals surface area contributed by atoms with Gasteiger partial charge in [-0.15, -0.1) is 0 Å². The van der Waals surface area contributed by atoms with E-state index in [1.54, 1.807) is 6.26 Å². The van der Waals surface area contributed by atoms with Crippen molar-refractivity contribution < 1.29 is 9.21 Å². The quantitative estimate of drug-likeness (QED) is 0.612. The van der Waals surface area contributed by atoms with Gasteiger partial charge in [0.25, 0.3) is 0 Å². The summed E-state index contributed by atoms with van der Waals surface area (Å²) in [5.74, 6) is 0.593. The number of aromatic nitrogens is 1. The van der Waals surface area contributed by atoms with Crippen LogP contribution < -0.4 is 10.6 Å². The van der Waals surface area contributed by atoms with Crippen molar-refractivity contribution in [1.82, 2.24) is 10.3 Å². The summed E-state index contributed by atoms with van der Waals surface area (Å²) >= 11 is 3.41. The molecule has 1 aromatic heterocycles. The number of aryl methyl sites for hydroxylation is 2. The second kappa shape index (κ2) is 8.19. The molecule has 0 radical (unpaired) electrons. The highest BCUT2D eigenvalue weighted by Gasteiger charge is 2.08. The minimum atomic E-state index is -0.238. The zero-order valence-electron chi connectivity index (χ0n) is 14.7. The van der Waals surface area contributed by atoms with Gasteiger partial charge in [0.15, 0.2) is 0 Å². The smallest absolute Gasteiger partial charge is 0.319 e. The Bertz CT molecular complexity index is 904. The van der Waals surface area contributed by atoms with Gasteiger partial charge in [0.05, 0.1) is 5.69 Å². The zero-order valence-corrected chi connectivity index (χ0v) is 16.3. The number of carbonyl (C=O) groups excluding carboxylic acids is 1. The maximum Gasteiger partial charge on any atom is 0.319 e. The molecule has 3 rings (SSSR count). The van der Waals surface area contributed by atoms with Gasteiger partial charge in [-0.25, -0.2) is 9.78 Å². The molecular weight excluding hydrogens is 394 g/mol. The number of rotatable bonds is 5. The van der Waals surface area contributed by atoms with Crippen LogP contribution in [0.25, 0.3) is 11.5 Å². The van der Waals surface area contributed by atoms with Crippen molar-refractivity contribution in [2.75, 3.05) is 11.9 Å². The first-order chi connectivity index (χ1) is 12.5. The van der Waals surface area contributed by atoms with Crippen molar-refractivity contribution in [2.45, 2.75) is 20.3 Å². The second-order valence-electron chi connectivity index (χ2n) is 6.10. The van der Waals surface area contributed by atoms with Crippen LogP contribution in [0.1, 0.15) is 16.8 Å². The monoisotopic (exact) mass is 413 g/mol. The fraction of sp³-hybridized carbons (Fsp3) is 0.200. The van der Waals surface area contributed by atoms with Crippen LogP contribution in [0.5, 0.6) is 0 Å². The molecule has 1 heterocycles. The van der Waals surface area contributed by atoms with Crippen LogP contribution in [0.15, 0.2) is 57.6 Å². The van der Waals surface area contributed by atoms with Crippen molar-refractivity contribution >= 4 is 27.6 Å². The van der Waals surface area contributed by atoms with E-state index in [0.717, 1.165) is 27.0 Å². The first kappa shape index (κ1) is 18.2. The fourth-order valence-electron chi connectivity index (χ4n) is 2.49. The predicted octanol–water partition coefficient (Wildman–Crippen LogP) is 5.09. The van der Waals surface area contributed by atoms with Gasteiger partial charge in [-0.3, -0.25) is 0 Å². The maximum absolute atomic E-state index is 12.0. The molecular formula is C20H20BrN3O2. The number of hydrogen-bond acceptors (Lipinski definition) is 3. The topological polar surface area (TPSA) is 67.2 Å². The number of amides is 2. The maximum atomic E-state index is 12.0. The third-order valence-corrected chi connectivity index (χ3v) is 4.45. The Hall–Kier alpha value is -2.60. The van der Waals surface area contributed by atoms with Gasteiger partial charge in [0.2, 0.25) is 5.89 Å². The minimum absolute atomic E-state index is 0.238. The summed E-state index contributed by atoms with van der Waals surface area (Å²) < 4.78 is 6.51. The number of hydrogen-bond donors (Lipinski definition) is 2. The van der Waals surface area contributed by atoms with Crippen LogP contribution >= 0.6 is 15.9 Å². The molecule has 2 N–H and O–H groups in total. The molecule has 2 amide bonds. The molecule has 26 heavy (non-hydrogen) atoms. The summed E-state index contributed by atoms with van der Waals surface area (Å²) in [5, 5.41) is 5.68. The third kappa shape index (κ3) is 4.73. The van der Waals surface area contributed by atoms with Crippen LogP contribution in [-0.2, 0) is 6.42 Å². The van der Waals surface area contributed by atoms with Gasteiger partial charge < -0.3 is 15.1 Å². The summed E-state index contributed by atoms with van der Waals surface area (Å²) in [6.45, 7) is 4.46. The molecule has 0 aliphatic heterocycles. The highest BCUT2D eigenvalue weighted by atomic mass is 79.9. The van der Waals surface area contributed by atoms with Crippen molar-refractivity contribution in [2.24, 2.45) is 0 Å². The Balaban J connectivity index is 1.50. The number of oxazole rings is 1. The Morgan fingerprint density at radius 2 is 1.92 bits per heavy atom. The number of anilines is 1. The lowest BCUT2D eigenvalue weighted by Crippen LogP contribution is -2.30. The molecule has 0 atom stereocenters. The van der Waals surface area contributed by atoms with Crippen molar-refractivity contribution in [3.63, 3.8) is 0 Å². The molecule has 3 aromatic rings. The van der Waals surface area contributed by atoms with E-state index in [1.165, 1.54) is 5.56 Å². The SMILES string of the molecule is Cc1ccc(-c2nc(CCNC(=O)Nc3ccc(Br)cc3C)co2)cc1. The van der Waals surface area contributed by atoms with Crippen molar-refractivity contribution in [1.29, 1.82) is 0 Å². The predicted molar refractivity (Wildman–Crippen MR) is 106 cm³/mol. The van der Waals surface area contributed by atoms with Crippen molar-refractivity contribution in [3.05, 3.63) is 70.0 Å². The summed E-state index contributed by atoms with van der Waals surface area (Å²) in [7, 11) is 0. The molecule has 0 aliphatic carbocycles. The van der Waals surface area contributed by atoms with Gasteiger partial charge in [-0.2, -0.15) is 0 Å². The van der Waals surface area contributed by atoms with Crippen LogP contribution in [0.3, 0.4) is 0 Å². The van der Waals surface area contributed by atoms with Gasteiger partial charge in [-0.1, -0.05) is 33.6 Å². The molecule has 0 saturated heterocycles. The molecule has 0 spiro atoms. The number of nitrogens with one attached hydrogen (secondary N) is 2. The molecule has 0 fully saturated rings. The van der Waals surface area contributed by atoms with E-state index >= 15 is 0 Å². The minimum Gasteiger partial charge on any atom is -0.444 e. The van der Waals surface area contributed by atoms with Gasteiger partial charge in [0, 0.05) is 28.7 Å². The molecule has 0 aliphatic rings. The Morgan fingerprint density at radius 1 is 1.15 bits per heavy atom. The lowest BCUT2D eigenvalue weighted by Gasteiger charge is -2.09. The molecule has 5 nitrogen and oxygen atoms in total. The number of halogens is 1. The van der Waals surface area contributed by atoms with E-state index in [0.29, 0.717) is 18.9 Å². The molecule has 0 bridgehead atoms. The standard InChI is InChI=1S/C20H20BrN3O2/c1-13-3-5-15(6-4-13)19-23-17(12-26-19)9-10-22-20(25)24-18-8-7-16(21)11-14(18)2/h3-8,11-12H,9-10H2,1-2H3,(H2,22,24,25). The van der Waals surface area contributed by atoms with E-state index in [9.17, 15) is 4.79 Å². The number of urea groups is 1. The summed E-state index contributed by atoms with van der Waals surface area (Å²) in [6.07, 6.45) is 2.23. The number of carbonyl (C=O) groups is 1. The first-order valence-corrected chi connectivity index (χ1v) is 9.13. The van der Waals surface area contributed by atoms with Gasteiger partial charge >= 0.3 is 6.03 Å². The number of nitrogens with zero attached hydrogens (tertiary/aromatic N) is 1. The zero-order chi connectivity index (χ0) is 18.5. The lowest BCUT2D eigenvalue weighted by atomic mass is 10.1. The Kier molecular flexibility index (Phi) is 5.73. The van der Waals surface area contributed by atoms with Gasteiger partial charge in [-0.05, 0) is 49.7 Å². The summed E-state index contributed by atoms with van der Waals surface area (Å²) in [6, 6.07) is 13.5. The third-order valence-electron chi connectivity index (χ3n) is 3.95. The first-order valence-electron chi connectivity index (χ1n) is 8.34. The molecule has 134 valence electrons.